The van der Waals surface area contributed by atoms with E-state index in [1.807, 2.05) is 41.3 Å². The molecule has 1 aliphatic heterocycles. The van der Waals surface area contributed by atoms with Gasteiger partial charge in [0.1, 0.15) is 11.6 Å². The van der Waals surface area contributed by atoms with Gasteiger partial charge in [-0.2, -0.15) is 0 Å². The number of rotatable bonds is 7. The molecule has 0 spiro atoms. The van der Waals surface area contributed by atoms with Crippen LogP contribution in [0.1, 0.15) is 36.6 Å². The first kappa shape index (κ1) is 20.0. The number of imidazole rings is 1. The number of likely N-dealkylation sites (tertiary alicyclic amines) is 1. The number of nitrogens with one attached hydrogen (secondary N) is 1. The number of H-pyrrole nitrogens is 1. The Morgan fingerprint density at radius 2 is 2.10 bits per heavy atom. The van der Waals surface area contributed by atoms with Crippen molar-refractivity contribution in [3.63, 3.8) is 0 Å². The molecule has 1 unspecified atom stereocenters. The van der Waals surface area contributed by atoms with Crippen molar-refractivity contribution in [1.29, 1.82) is 0 Å². The fourth-order valence-electron chi connectivity index (χ4n) is 3.82. The van der Waals surface area contributed by atoms with Gasteiger partial charge in [-0.15, -0.1) is 11.8 Å². The summed E-state index contributed by atoms with van der Waals surface area (Å²) >= 11 is 1.63. The van der Waals surface area contributed by atoms with Crippen molar-refractivity contribution in [2.75, 3.05) is 25.9 Å². The minimum absolute atomic E-state index is 0.120. The number of aromatic nitrogens is 2. The predicted octanol–water partition coefficient (Wildman–Crippen LogP) is 4.07. The maximum atomic E-state index is 13.2. The fourth-order valence-corrected chi connectivity index (χ4v) is 4.65. The lowest BCUT2D eigenvalue weighted by Crippen LogP contribution is -2.46. The number of furan rings is 1. The number of hydrogen-bond acceptors (Lipinski definition) is 5. The van der Waals surface area contributed by atoms with Gasteiger partial charge >= 0.3 is 0 Å². The van der Waals surface area contributed by atoms with E-state index >= 15 is 0 Å². The number of amides is 1. The predicted molar refractivity (Wildman–Crippen MR) is 117 cm³/mol. The van der Waals surface area contributed by atoms with Gasteiger partial charge in [0, 0.05) is 6.04 Å². The van der Waals surface area contributed by atoms with E-state index < -0.39 is 0 Å². The Morgan fingerprint density at radius 3 is 2.83 bits per heavy atom. The molecule has 1 amide bonds. The topological polar surface area (TPSA) is 65.4 Å². The van der Waals surface area contributed by atoms with E-state index in [0.717, 1.165) is 48.5 Å². The van der Waals surface area contributed by atoms with Crippen LogP contribution in [0.3, 0.4) is 0 Å². The molecule has 0 saturated carbocycles. The second kappa shape index (κ2) is 9.05. The summed E-state index contributed by atoms with van der Waals surface area (Å²) in [5.41, 5.74) is 2.00. The molecule has 3 heterocycles. The molecule has 4 rings (SSSR count). The quantitative estimate of drug-likeness (QED) is 0.634. The Morgan fingerprint density at radius 1 is 1.31 bits per heavy atom. The van der Waals surface area contributed by atoms with Crippen LogP contribution in [0.25, 0.3) is 11.0 Å². The van der Waals surface area contributed by atoms with E-state index in [0.29, 0.717) is 12.3 Å². The average Bonchev–Trinajstić information content (AvgIpc) is 3.40. The Kier molecular flexibility index (Phi) is 6.25. The normalized spacial score (nSPS) is 16.9. The van der Waals surface area contributed by atoms with Crippen molar-refractivity contribution in [2.24, 2.45) is 0 Å². The van der Waals surface area contributed by atoms with E-state index in [-0.39, 0.29) is 17.2 Å². The van der Waals surface area contributed by atoms with Gasteiger partial charge in [-0.05, 0) is 64.2 Å². The monoisotopic (exact) mass is 412 g/mol. The molecule has 0 radical (unpaired) electrons. The lowest BCUT2D eigenvalue weighted by atomic mass is 10.0. The second-order valence-electron chi connectivity index (χ2n) is 7.73. The van der Waals surface area contributed by atoms with Crippen molar-refractivity contribution in [1.82, 2.24) is 19.8 Å². The van der Waals surface area contributed by atoms with Gasteiger partial charge in [-0.3, -0.25) is 4.79 Å². The molecule has 7 heteroatoms. The van der Waals surface area contributed by atoms with E-state index in [2.05, 4.69) is 28.8 Å². The number of aromatic amines is 1. The van der Waals surface area contributed by atoms with Gasteiger partial charge in [-0.1, -0.05) is 12.1 Å². The van der Waals surface area contributed by atoms with Crippen molar-refractivity contribution >= 4 is 28.7 Å². The number of carbonyl (C=O) groups excluding carboxylic acids is 1. The highest BCUT2D eigenvalue weighted by Crippen LogP contribution is 2.29. The third kappa shape index (κ3) is 4.85. The summed E-state index contributed by atoms with van der Waals surface area (Å²) in [6.45, 7) is 4.69. The van der Waals surface area contributed by atoms with Crippen LogP contribution >= 0.6 is 11.8 Å². The Balaban J connectivity index is 1.41. The van der Waals surface area contributed by atoms with Crippen molar-refractivity contribution in [3.05, 3.63) is 54.2 Å². The summed E-state index contributed by atoms with van der Waals surface area (Å²) in [5, 5.41) is 0.120. The van der Waals surface area contributed by atoms with Crippen LogP contribution in [0.2, 0.25) is 0 Å². The summed E-state index contributed by atoms with van der Waals surface area (Å²) in [5.74, 6) is 2.36. The summed E-state index contributed by atoms with van der Waals surface area (Å²) < 4.78 is 5.53. The van der Waals surface area contributed by atoms with Crippen LogP contribution in [-0.4, -0.2) is 57.6 Å². The maximum absolute atomic E-state index is 13.2. The number of hydrogen-bond donors (Lipinski definition) is 1. The Hall–Kier alpha value is -2.25. The van der Waals surface area contributed by atoms with Crippen molar-refractivity contribution in [3.8, 4) is 0 Å². The van der Waals surface area contributed by atoms with Gasteiger partial charge in [0.15, 0.2) is 0 Å². The highest BCUT2D eigenvalue weighted by molar-refractivity contribution is 8.00. The Bertz CT molecular complexity index is 898. The molecule has 6 nitrogen and oxygen atoms in total. The summed E-state index contributed by atoms with van der Waals surface area (Å²) in [4.78, 5) is 25.6. The molecular weight excluding hydrogens is 384 g/mol. The first-order chi connectivity index (χ1) is 14.1. The van der Waals surface area contributed by atoms with Crippen LogP contribution in [0.4, 0.5) is 0 Å². The molecule has 3 aromatic rings. The van der Waals surface area contributed by atoms with E-state index in [1.165, 1.54) is 0 Å². The molecular formula is C22H28N4O2S. The SMILES string of the molecule is CC(SCC(=O)N(Cc1ccco1)C1CCN(C)CC1)c1nc2ccccc2[nH]1. The van der Waals surface area contributed by atoms with E-state index in [1.54, 1.807) is 18.0 Å². The fraction of sp³-hybridized carbons (Fsp3) is 0.455. The van der Waals surface area contributed by atoms with Crippen LogP contribution in [0.5, 0.6) is 0 Å². The average molecular weight is 413 g/mol. The molecule has 1 atom stereocenters. The number of thioether (sulfide) groups is 1. The summed E-state index contributed by atoms with van der Waals surface area (Å²) in [6, 6.07) is 12.1. The largest absolute Gasteiger partial charge is 0.467 e. The second-order valence-corrected chi connectivity index (χ2v) is 9.06. The first-order valence-corrected chi connectivity index (χ1v) is 11.2. The van der Waals surface area contributed by atoms with Gasteiger partial charge in [-0.25, -0.2) is 4.98 Å². The zero-order valence-corrected chi connectivity index (χ0v) is 17.8. The highest BCUT2D eigenvalue weighted by atomic mass is 32.2. The number of piperidine rings is 1. The molecule has 1 fully saturated rings. The van der Waals surface area contributed by atoms with Crippen molar-refractivity contribution in [2.45, 2.75) is 37.6 Å². The van der Waals surface area contributed by atoms with Crippen LogP contribution < -0.4 is 0 Å². The van der Waals surface area contributed by atoms with Crippen LogP contribution in [-0.2, 0) is 11.3 Å². The Labute approximate surface area is 175 Å². The molecule has 2 aromatic heterocycles. The lowest BCUT2D eigenvalue weighted by Gasteiger charge is -2.37. The number of carbonyl (C=O) groups is 1. The molecule has 154 valence electrons. The minimum Gasteiger partial charge on any atom is -0.467 e. The lowest BCUT2D eigenvalue weighted by molar-refractivity contribution is -0.132. The number of benzene rings is 1. The number of nitrogens with zero attached hydrogens (tertiary/aromatic N) is 3. The van der Waals surface area contributed by atoms with Crippen LogP contribution in [0, 0.1) is 0 Å². The molecule has 1 N–H and O–H groups in total. The molecule has 0 aliphatic carbocycles. The van der Waals surface area contributed by atoms with Gasteiger partial charge < -0.3 is 19.2 Å². The number of fused-ring (bicyclic) bond motifs is 1. The zero-order chi connectivity index (χ0) is 20.2. The smallest absolute Gasteiger partial charge is 0.233 e. The van der Waals surface area contributed by atoms with Crippen LogP contribution in [0.15, 0.2) is 47.1 Å². The minimum atomic E-state index is 0.120. The third-order valence-corrected chi connectivity index (χ3v) is 6.74. The summed E-state index contributed by atoms with van der Waals surface area (Å²) in [6.07, 6.45) is 3.69. The highest BCUT2D eigenvalue weighted by Gasteiger charge is 2.28. The summed E-state index contributed by atoms with van der Waals surface area (Å²) in [7, 11) is 2.14. The molecule has 0 bridgehead atoms. The van der Waals surface area contributed by atoms with Crippen molar-refractivity contribution < 1.29 is 9.21 Å². The number of para-hydroxylation sites is 2. The standard InChI is InChI=1S/C22H28N4O2S/c1-16(22-23-19-7-3-4-8-20(19)24-22)29-15-21(27)26(14-18-6-5-13-28-18)17-9-11-25(2)12-10-17/h3-8,13,16-17H,9-12,14-15H2,1-2H3,(H,23,24). The van der Waals surface area contributed by atoms with Gasteiger partial charge in [0.2, 0.25) is 5.91 Å². The van der Waals surface area contributed by atoms with E-state index in [4.69, 9.17) is 4.42 Å². The van der Waals surface area contributed by atoms with Gasteiger partial charge in [0.05, 0.1) is 34.8 Å². The molecule has 1 aromatic carbocycles. The molecule has 1 saturated heterocycles. The third-order valence-electron chi connectivity index (χ3n) is 5.61. The molecule has 29 heavy (non-hydrogen) atoms. The van der Waals surface area contributed by atoms with E-state index in [9.17, 15) is 4.79 Å². The molecule has 1 aliphatic rings. The first-order valence-electron chi connectivity index (χ1n) is 10.2. The zero-order valence-electron chi connectivity index (χ0n) is 17.0. The maximum Gasteiger partial charge on any atom is 0.233 e. The van der Waals surface area contributed by atoms with Gasteiger partial charge in [0.25, 0.3) is 0 Å².